The van der Waals surface area contributed by atoms with Crippen LogP contribution in [0.4, 0.5) is 4.39 Å². The van der Waals surface area contributed by atoms with Gasteiger partial charge in [-0.05, 0) is 31.9 Å². The van der Waals surface area contributed by atoms with Crippen LogP contribution in [0.15, 0.2) is 24.3 Å². The topological polar surface area (TPSA) is 80.4 Å². The first-order valence-corrected chi connectivity index (χ1v) is 8.28. The van der Waals surface area contributed by atoms with Crippen LogP contribution in [-0.4, -0.2) is 37.7 Å². The van der Waals surface area contributed by atoms with Crippen LogP contribution in [0.2, 0.25) is 0 Å². The lowest BCUT2D eigenvalue weighted by molar-refractivity contribution is 0.189. The first kappa shape index (κ1) is 17.1. The maximum absolute atomic E-state index is 13.9. The predicted molar refractivity (Wildman–Crippen MR) is 77.8 cm³/mol. The average Bonchev–Trinajstić information content (AvgIpc) is 2.42. The van der Waals surface area contributed by atoms with Crippen molar-refractivity contribution in [1.29, 1.82) is 0 Å². The fourth-order valence-corrected chi connectivity index (χ4v) is 3.19. The van der Waals surface area contributed by atoms with Crippen LogP contribution >= 0.6 is 0 Å². The summed E-state index contributed by atoms with van der Waals surface area (Å²) in [5, 5.41) is 9.15. The summed E-state index contributed by atoms with van der Waals surface area (Å²) in [6.07, 6.45) is 0.0987. The van der Waals surface area contributed by atoms with Gasteiger partial charge in [-0.1, -0.05) is 18.2 Å². The molecule has 114 valence electrons. The molecule has 0 heterocycles. The molecule has 0 aliphatic rings. The van der Waals surface area contributed by atoms with Gasteiger partial charge in [-0.15, -0.1) is 0 Å². The number of halogens is 1. The van der Waals surface area contributed by atoms with E-state index in [-0.39, 0.29) is 24.3 Å². The lowest BCUT2D eigenvalue weighted by atomic mass is 9.78. The monoisotopic (exact) mass is 303 g/mol. The minimum Gasteiger partial charge on any atom is -0.395 e. The van der Waals surface area contributed by atoms with E-state index in [1.54, 1.807) is 32.0 Å². The predicted octanol–water partition coefficient (Wildman–Crippen LogP) is 1.23. The highest BCUT2D eigenvalue weighted by Gasteiger charge is 2.34. The Hall–Kier alpha value is -0.980. The molecule has 1 atom stereocenters. The van der Waals surface area contributed by atoms with Crippen LogP contribution in [0.3, 0.4) is 0 Å². The van der Waals surface area contributed by atoms with Gasteiger partial charge in [0.1, 0.15) is 5.82 Å². The van der Waals surface area contributed by atoms with Gasteiger partial charge in [-0.3, -0.25) is 0 Å². The highest BCUT2D eigenvalue weighted by molar-refractivity contribution is 7.91. The molecule has 0 amide bonds. The molecule has 0 spiro atoms. The average molecular weight is 303 g/mol. The Bertz CT molecular complexity index is 539. The zero-order valence-electron chi connectivity index (χ0n) is 11.8. The SMILES string of the molecule is CC(C)S(=O)(=O)CCC(CN)(CO)c1ccccc1F. The fraction of sp³-hybridized carbons (Fsp3) is 0.571. The van der Waals surface area contributed by atoms with Crippen LogP contribution in [0.1, 0.15) is 25.8 Å². The molecule has 0 saturated heterocycles. The van der Waals surface area contributed by atoms with Gasteiger partial charge in [-0.25, -0.2) is 12.8 Å². The molecule has 0 fully saturated rings. The Morgan fingerprint density at radius 1 is 1.35 bits per heavy atom. The zero-order chi connectivity index (χ0) is 15.4. The molecule has 1 unspecified atom stereocenters. The molecular weight excluding hydrogens is 281 g/mol. The lowest BCUT2D eigenvalue weighted by Crippen LogP contribution is -2.41. The van der Waals surface area contributed by atoms with E-state index < -0.39 is 32.9 Å². The van der Waals surface area contributed by atoms with E-state index in [0.717, 1.165) is 0 Å². The van der Waals surface area contributed by atoms with Crippen LogP contribution in [0.25, 0.3) is 0 Å². The van der Waals surface area contributed by atoms with Crippen molar-refractivity contribution in [2.75, 3.05) is 18.9 Å². The number of aliphatic hydroxyl groups is 1. The van der Waals surface area contributed by atoms with E-state index in [0.29, 0.717) is 0 Å². The summed E-state index contributed by atoms with van der Waals surface area (Å²) in [5.41, 5.74) is 4.91. The van der Waals surface area contributed by atoms with Crippen LogP contribution in [-0.2, 0) is 15.3 Å². The standard InChI is InChI=1S/C14H22FNO3S/c1-11(2)20(18,19)8-7-14(9-16,10-17)12-5-3-4-6-13(12)15/h3-6,11,17H,7-10,16H2,1-2H3. The Morgan fingerprint density at radius 2 is 1.95 bits per heavy atom. The summed E-state index contributed by atoms with van der Waals surface area (Å²) in [5.74, 6) is -0.606. The smallest absolute Gasteiger partial charge is 0.152 e. The van der Waals surface area contributed by atoms with Gasteiger partial charge < -0.3 is 10.8 Å². The van der Waals surface area contributed by atoms with E-state index in [4.69, 9.17) is 5.73 Å². The number of nitrogens with two attached hydrogens (primary N) is 1. The molecule has 1 rings (SSSR count). The summed E-state index contributed by atoms with van der Waals surface area (Å²) in [4.78, 5) is 0. The summed E-state index contributed by atoms with van der Waals surface area (Å²) in [6.45, 7) is 2.79. The van der Waals surface area contributed by atoms with E-state index >= 15 is 0 Å². The number of sulfone groups is 1. The van der Waals surface area contributed by atoms with Gasteiger partial charge in [0.25, 0.3) is 0 Å². The maximum Gasteiger partial charge on any atom is 0.152 e. The largest absolute Gasteiger partial charge is 0.395 e. The molecular formula is C14H22FNO3S. The highest BCUT2D eigenvalue weighted by Crippen LogP contribution is 2.30. The molecule has 0 aliphatic carbocycles. The van der Waals surface area contributed by atoms with Crippen LogP contribution < -0.4 is 5.73 Å². The molecule has 1 aromatic rings. The van der Waals surface area contributed by atoms with Crippen molar-refractivity contribution in [2.24, 2.45) is 5.73 Å². The van der Waals surface area contributed by atoms with Crippen molar-refractivity contribution in [1.82, 2.24) is 0 Å². The van der Waals surface area contributed by atoms with Crippen LogP contribution in [0, 0.1) is 5.82 Å². The molecule has 0 aliphatic heterocycles. The minimum absolute atomic E-state index is 0.0158. The second-order valence-electron chi connectivity index (χ2n) is 5.29. The normalized spacial score (nSPS) is 15.3. The van der Waals surface area contributed by atoms with Gasteiger partial charge in [0.2, 0.25) is 0 Å². The summed E-state index contributed by atoms with van der Waals surface area (Å²) in [7, 11) is -3.26. The Kier molecular flexibility index (Phi) is 5.68. The molecule has 6 heteroatoms. The van der Waals surface area contributed by atoms with Crippen molar-refractivity contribution < 1.29 is 17.9 Å². The summed E-state index contributed by atoms with van der Waals surface area (Å²) in [6, 6.07) is 6.02. The van der Waals surface area contributed by atoms with E-state index in [9.17, 15) is 17.9 Å². The van der Waals surface area contributed by atoms with E-state index in [1.807, 2.05) is 0 Å². The van der Waals surface area contributed by atoms with E-state index in [1.165, 1.54) is 6.07 Å². The van der Waals surface area contributed by atoms with Crippen molar-refractivity contribution in [3.8, 4) is 0 Å². The molecule has 0 saturated carbocycles. The van der Waals surface area contributed by atoms with Crippen LogP contribution in [0.5, 0.6) is 0 Å². The van der Waals surface area contributed by atoms with Gasteiger partial charge in [0.15, 0.2) is 9.84 Å². The first-order valence-electron chi connectivity index (χ1n) is 6.56. The second kappa shape index (κ2) is 6.65. The third-order valence-corrected chi connectivity index (χ3v) is 5.93. The highest BCUT2D eigenvalue weighted by atomic mass is 32.2. The number of hydrogen-bond acceptors (Lipinski definition) is 4. The van der Waals surface area contributed by atoms with Gasteiger partial charge in [-0.2, -0.15) is 0 Å². The van der Waals surface area contributed by atoms with E-state index in [2.05, 4.69) is 0 Å². The number of benzene rings is 1. The summed E-state index contributed by atoms with van der Waals surface area (Å²) >= 11 is 0. The molecule has 1 aromatic carbocycles. The third kappa shape index (κ3) is 3.56. The minimum atomic E-state index is -3.26. The lowest BCUT2D eigenvalue weighted by Gasteiger charge is -2.31. The Morgan fingerprint density at radius 3 is 2.40 bits per heavy atom. The Labute approximate surface area is 119 Å². The number of hydrogen-bond donors (Lipinski definition) is 2. The summed E-state index contributed by atoms with van der Waals surface area (Å²) < 4.78 is 37.7. The second-order valence-corrected chi connectivity index (χ2v) is 7.96. The quantitative estimate of drug-likeness (QED) is 0.794. The number of rotatable bonds is 7. The van der Waals surface area contributed by atoms with Crippen molar-refractivity contribution in [3.05, 3.63) is 35.6 Å². The molecule has 3 N–H and O–H groups in total. The third-order valence-electron chi connectivity index (χ3n) is 3.72. The van der Waals surface area contributed by atoms with Gasteiger partial charge in [0, 0.05) is 12.0 Å². The van der Waals surface area contributed by atoms with Gasteiger partial charge in [0.05, 0.1) is 17.6 Å². The van der Waals surface area contributed by atoms with Crippen molar-refractivity contribution in [2.45, 2.75) is 30.9 Å². The molecule has 0 aromatic heterocycles. The zero-order valence-corrected chi connectivity index (χ0v) is 12.7. The maximum atomic E-state index is 13.9. The van der Waals surface area contributed by atoms with Crippen molar-refractivity contribution in [3.63, 3.8) is 0 Å². The molecule has 20 heavy (non-hydrogen) atoms. The van der Waals surface area contributed by atoms with Crippen molar-refractivity contribution >= 4 is 9.84 Å². The molecule has 0 radical (unpaired) electrons. The van der Waals surface area contributed by atoms with Gasteiger partial charge >= 0.3 is 0 Å². The number of aliphatic hydroxyl groups excluding tert-OH is 1. The first-order chi connectivity index (χ1) is 9.29. The fourth-order valence-electron chi connectivity index (χ4n) is 2.04. The Balaban J connectivity index is 3.09. The molecule has 4 nitrogen and oxygen atoms in total. The molecule has 0 bridgehead atoms.